The lowest BCUT2D eigenvalue weighted by Gasteiger charge is -2.25. The van der Waals surface area contributed by atoms with Crippen molar-refractivity contribution in [2.24, 2.45) is 0 Å². The van der Waals surface area contributed by atoms with Crippen molar-refractivity contribution in [3.8, 4) is 11.8 Å². The zero-order valence-corrected chi connectivity index (χ0v) is 14.7. The lowest BCUT2D eigenvalue weighted by molar-refractivity contribution is 0.0368. The molecule has 0 saturated heterocycles. The minimum absolute atomic E-state index is 0.151. The molecular weight excluding hydrogens is 316 g/mol. The van der Waals surface area contributed by atoms with Crippen molar-refractivity contribution >= 4 is 5.91 Å². The maximum absolute atomic E-state index is 12.5. The average molecular weight is 338 g/mol. The lowest BCUT2D eigenvalue weighted by atomic mass is 10.1. The Balaban J connectivity index is 2.02. The van der Waals surface area contributed by atoms with Crippen molar-refractivity contribution in [1.29, 1.82) is 5.26 Å². The van der Waals surface area contributed by atoms with Crippen molar-refractivity contribution < 1.29 is 14.6 Å². The van der Waals surface area contributed by atoms with Crippen LogP contribution in [0.25, 0.3) is 0 Å². The molecule has 0 bridgehead atoms. The van der Waals surface area contributed by atoms with E-state index in [2.05, 4.69) is 6.07 Å². The van der Waals surface area contributed by atoms with Gasteiger partial charge in [-0.25, -0.2) is 0 Å². The standard InChI is InChI=1S/C20H22N2O3/c1-20(2,24)14-22(3)19(23)17-6-4-5-16(11-17)13-25-18-9-7-15(12-21)8-10-18/h4-11,24H,13-14H2,1-3H3. The zero-order chi connectivity index (χ0) is 18.4. The molecule has 0 aromatic heterocycles. The van der Waals surface area contributed by atoms with Gasteiger partial charge in [0.1, 0.15) is 12.4 Å². The SMILES string of the molecule is CN(CC(C)(C)O)C(=O)c1cccc(COc2ccc(C#N)cc2)c1. The third-order valence-corrected chi connectivity index (χ3v) is 3.53. The number of ether oxygens (including phenoxy) is 1. The van der Waals surface area contributed by atoms with Crippen molar-refractivity contribution in [3.05, 3.63) is 65.2 Å². The van der Waals surface area contributed by atoms with Gasteiger partial charge in [0.15, 0.2) is 0 Å². The molecule has 0 aliphatic heterocycles. The molecule has 0 aliphatic carbocycles. The zero-order valence-electron chi connectivity index (χ0n) is 14.7. The maximum Gasteiger partial charge on any atom is 0.253 e. The van der Waals surface area contributed by atoms with Crippen molar-refractivity contribution in [3.63, 3.8) is 0 Å². The Morgan fingerprint density at radius 3 is 2.52 bits per heavy atom. The van der Waals surface area contributed by atoms with Crippen LogP contribution in [0.3, 0.4) is 0 Å². The fourth-order valence-electron chi connectivity index (χ4n) is 2.46. The van der Waals surface area contributed by atoms with E-state index < -0.39 is 5.60 Å². The molecule has 5 heteroatoms. The molecule has 5 nitrogen and oxygen atoms in total. The van der Waals surface area contributed by atoms with Crippen LogP contribution >= 0.6 is 0 Å². The molecule has 0 unspecified atom stereocenters. The number of benzene rings is 2. The van der Waals surface area contributed by atoms with Gasteiger partial charge in [-0.1, -0.05) is 12.1 Å². The minimum Gasteiger partial charge on any atom is -0.489 e. The highest BCUT2D eigenvalue weighted by Gasteiger charge is 2.20. The van der Waals surface area contributed by atoms with Gasteiger partial charge in [0.25, 0.3) is 5.91 Å². The molecule has 1 N–H and O–H groups in total. The van der Waals surface area contributed by atoms with E-state index in [1.165, 1.54) is 4.90 Å². The van der Waals surface area contributed by atoms with E-state index in [0.29, 0.717) is 23.5 Å². The van der Waals surface area contributed by atoms with Gasteiger partial charge in [-0.15, -0.1) is 0 Å². The fraction of sp³-hybridized carbons (Fsp3) is 0.300. The molecule has 0 heterocycles. The normalized spacial score (nSPS) is 10.8. The largest absolute Gasteiger partial charge is 0.489 e. The highest BCUT2D eigenvalue weighted by molar-refractivity contribution is 5.94. The summed E-state index contributed by atoms with van der Waals surface area (Å²) in [7, 11) is 1.67. The van der Waals surface area contributed by atoms with Crippen LogP contribution in [0.4, 0.5) is 0 Å². The molecule has 1 amide bonds. The summed E-state index contributed by atoms with van der Waals surface area (Å²) in [5, 5.41) is 18.6. The summed E-state index contributed by atoms with van der Waals surface area (Å²) in [5.74, 6) is 0.511. The van der Waals surface area contributed by atoms with E-state index in [4.69, 9.17) is 10.00 Å². The van der Waals surface area contributed by atoms with Gasteiger partial charge < -0.3 is 14.7 Å². The van der Waals surface area contributed by atoms with Crippen LogP contribution in [-0.2, 0) is 6.61 Å². The summed E-state index contributed by atoms with van der Waals surface area (Å²) >= 11 is 0. The number of rotatable bonds is 6. The second-order valence-corrected chi connectivity index (χ2v) is 6.60. The molecule has 0 radical (unpaired) electrons. The van der Waals surface area contributed by atoms with Crippen molar-refractivity contribution in [2.45, 2.75) is 26.1 Å². The summed E-state index contributed by atoms with van der Waals surface area (Å²) in [4.78, 5) is 14.0. The number of carbonyl (C=O) groups excluding carboxylic acids is 1. The number of carbonyl (C=O) groups is 1. The number of hydrogen-bond acceptors (Lipinski definition) is 4. The highest BCUT2D eigenvalue weighted by atomic mass is 16.5. The molecule has 0 atom stereocenters. The molecule has 0 fully saturated rings. The van der Waals surface area contributed by atoms with Crippen molar-refractivity contribution in [1.82, 2.24) is 4.90 Å². The van der Waals surface area contributed by atoms with Gasteiger partial charge in [-0.3, -0.25) is 4.79 Å². The Hall–Kier alpha value is -2.84. The number of nitriles is 1. The van der Waals surface area contributed by atoms with Gasteiger partial charge in [0.05, 0.1) is 17.2 Å². The summed E-state index contributed by atoms with van der Waals surface area (Å²) in [5.41, 5.74) is 1.05. The number of aliphatic hydroxyl groups is 1. The lowest BCUT2D eigenvalue weighted by Crippen LogP contribution is -2.39. The first kappa shape index (κ1) is 18.5. The van der Waals surface area contributed by atoms with Crippen LogP contribution in [0.15, 0.2) is 48.5 Å². The average Bonchev–Trinajstić information content (AvgIpc) is 2.58. The molecular formula is C20H22N2O3. The summed E-state index contributed by atoms with van der Waals surface area (Å²) in [6, 6.07) is 16.2. The van der Waals surface area contributed by atoms with Gasteiger partial charge >= 0.3 is 0 Å². The Kier molecular flexibility index (Phi) is 5.79. The Labute approximate surface area is 148 Å². The van der Waals surface area contributed by atoms with Gasteiger partial charge in [0, 0.05) is 19.2 Å². The number of hydrogen-bond donors (Lipinski definition) is 1. The first-order chi connectivity index (χ1) is 11.8. The number of nitrogens with zero attached hydrogens (tertiary/aromatic N) is 2. The smallest absolute Gasteiger partial charge is 0.253 e. The van der Waals surface area contributed by atoms with Crippen LogP contribution in [0.5, 0.6) is 5.75 Å². The van der Waals surface area contributed by atoms with Gasteiger partial charge in [-0.2, -0.15) is 5.26 Å². The predicted molar refractivity (Wildman–Crippen MR) is 95.2 cm³/mol. The Bertz CT molecular complexity index is 771. The first-order valence-corrected chi connectivity index (χ1v) is 7.98. The predicted octanol–water partition coefficient (Wildman–Crippen LogP) is 2.98. The molecule has 2 aromatic carbocycles. The van der Waals surface area contributed by atoms with E-state index in [-0.39, 0.29) is 12.5 Å². The fourth-order valence-corrected chi connectivity index (χ4v) is 2.46. The van der Waals surface area contributed by atoms with Crippen LogP contribution in [0.2, 0.25) is 0 Å². The monoisotopic (exact) mass is 338 g/mol. The van der Waals surface area contributed by atoms with Crippen LogP contribution in [-0.4, -0.2) is 35.1 Å². The first-order valence-electron chi connectivity index (χ1n) is 7.98. The summed E-state index contributed by atoms with van der Waals surface area (Å²) < 4.78 is 5.69. The van der Waals surface area contributed by atoms with Crippen molar-refractivity contribution in [2.75, 3.05) is 13.6 Å². The van der Waals surface area contributed by atoms with E-state index in [1.54, 1.807) is 57.3 Å². The minimum atomic E-state index is -0.944. The summed E-state index contributed by atoms with van der Waals surface area (Å²) in [6.45, 7) is 3.90. The van der Waals surface area contributed by atoms with Crippen LogP contribution in [0, 0.1) is 11.3 Å². The topological polar surface area (TPSA) is 73.6 Å². The third kappa shape index (κ3) is 5.63. The second kappa shape index (κ2) is 7.82. The number of likely N-dealkylation sites (N-methyl/N-ethyl adjacent to an activating group) is 1. The van der Waals surface area contributed by atoms with Gasteiger partial charge in [0.2, 0.25) is 0 Å². The van der Waals surface area contributed by atoms with Gasteiger partial charge in [-0.05, 0) is 55.8 Å². The molecule has 2 aromatic rings. The number of amides is 1. The Morgan fingerprint density at radius 2 is 1.92 bits per heavy atom. The molecule has 130 valence electrons. The maximum atomic E-state index is 12.5. The Morgan fingerprint density at radius 1 is 1.24 bits per heavy atom. The third-order valence-electron chi connectivity index (χ3n) is 3.53. The van der Waals surface area contributed by atoms with E-state index in [9.17, 15) is 9.90 Å². The van der Waals surface area contributed by atoms with Crippen LogP contribution < -0.4 is 4.74 Å². The highest BCUT2D eigenvalue weighted by Crippen LogP contribution is 2.15. The van der Waals surface area contributed by atoms with E-state index in [0.717, 1.165) is 5.56 Å². The summed E-state index contributed by atoms with van der Waals surface area (Å²) in [6.07, 6.45) is 0. The van der Waals surface area contributed by atoms with E-state index in [1.807, 2.05) is 12.1 Å². The van der Waals surface area contributed by atoms with E-state index >= 15 is 0 Å². The molecule has 2 rings (SSSR count). The second-order valence-electron chi connectivity index (χ2n) is 6.60. The molecule has 0 saturated carbocycles. The quantitative estimate of drug-likeness (QED) is 0.879. The molecule has 0 aliphatic rings. The van der Waals surface area contributed by atoms with Crippen LogP contribution in [0.1, 0.15) is 35.3 Å². The molecule has 25 heavy (non-hydrogen) atoms. The molecule has 0 spiro atoms.